The summed E-state index contributed by atoms with van der Waals surface area (Å²) in [4.78, 5) is 0. The summed E-state index contributed by atoms with van der Waals surface area (Å²) in [5, 5.41) is 9.06. The van der Waals surface area contributed by atoms with Crippen LogP contribution in [0.1, 0.15) is 18.9 Å². The normalized spacial score (nSPS) is 11.9. The summed E-state index contributed by atoms with van der Waals surface area (Å²) in [6.07, 6.45) is 0.240. The number of benzene rings is 1. The number of rotatable bonds is 3. The zero-order chi connectivity index (χ0) is 10.6. The van der Waals surface area contributed by atoms with Crippen LogP contribution >= 0.6 is 11.6 Å². The molecule has 0 radical (unpaired) electrons. The van der Waals surface area contributed by atoms with Crippen LogP contribution < -0.4 is 4.74 Å². The van der Waals surface area contributed by atoms with E-state index in [9.17, 15) is 0 Å². The maximum atomic E-state index is 8.47. The molecule has 2 nitrogen and oxygen atoms in total. The third kappa shape index (κ3) is 2.93. The monoisotopic (exact) mass is 209 g/mol. The lowest BCUT2D eigenvalue weighted by Gasteiger charge is -2.12. The van der Waals surface area contributed by atoms with E-state index in [-0.39, 0.29) is 6.10 Å². The molecular weight excluding hydrogens is 198 g/mol. The van der Waals surface area contributed by atoms with Crippen molar-refractivity contribution in [2.24, 2.45) is 0 Å². The van der Waals surface area contributed by atoms with Gasteiger partial charge in [0.1, 0.15) is 11.9 Å². The summed E-state index contributed by atoms with van der Waals surface area (Å²) in [5.74, 6) is 0.639. The smallest absolute Gasteiger partial charge is 0.138 e. The van der Waals surface area contributed by atoms with Crippen molar-refractivity contribution in [2.45, 2.75) is 26.4 Å². The minimum absolute atomic E-state index is 0.125. The fourth-order valence-corrected chi connectivity index (χ4v) is 1.37. The molecule has 0 heterocycles. The van der Waals surface area contributed by atoms with Crippen molar-refractivity contribution in [3.05, 3.63) is 28.8 Å². The van der Waals surface area contributed by atoms with Gasteiger partial charge in [0.05, 0.1) is 17.5 Å². The number of hydrogen-bond acceptors (Lipinski definition) is 2. The molecule has 0 bridgehead atoms. The molecule has 0 aliphatic heterocycles. The average Bonchev–Trinajstić information content (AvgIpc) is 2.10. The highest BCUT2D eigenvalue weighted by molar-refractivity contribution is 6.32. The van der Waals surface area contributed by atoms with Gasteiger partial charge >= 0.3 is 0 Å². The van der Waals surface area contributed by atoms with Gasteiger partial charge in [-0.05, 0) is 31.5 Å². The molecule has 1 atom stereocenters. The second kappa shape index (κ2) is 4.88. The van der Waals surface area contributed by atoms with Crippen LogP contribution in [0, 0.1) is 18.3 Å². The van der Waals surface area contributed by atoms with Gasteiger partial charge in [0.15, 0.2) is 0 Å². The third-order valence-electron chi connectivity index (χ3n) is 1.79. The van der Waals surface area contributed by atoms with Crippen LogP contribution in [0.15, 0.2) is 18.2 Å². The summed E-state index contributed by atoms with van der Waals surface area (Å²) >= 11 is 5.97. The van der Waals surface area contributed by atoms with E-state index in [0.717, 1.165) is 5.56 Å². The van der Waals surface area contributed by atoms with Crippen molar-refractivity contribution in [1.29, 1.82) is 5.26 Å². The number of halogens is 1. The van der Waals surface area contributed by atoms with Crippen LogP contribution in [0.4, 0.5) is 0 Å². The van der Waals surface area contributed by atoms with Crippen LogP contribution in [-0.4, -0.2) is 6.10 Å². The Morgan fingerprint density at radius 1 is 1.57 bits per heavy atom. The largest absolute Gasteiger partial charge is 0.488 e. The molecule has 0 spiro atoms. The number of nitriles is 1. The van der Waals surface area contributed by atoms with E-state index in [2.05, 4.69) is 6.07 Å². The number of hydrogen-bond donors (Lipinski definition) is 0. The highest BCUT2D eigenvalue weighted by atomic mass is 35.5. The van der Waals surface area contributed by atoms with E-state index in [1.807, 2.05) is 32.0 Å². The van der Waals surface area contributed by atoms with Crippen molar-refractivity contribution in [3.8, 4) is 11.8 Å². The van der Waals surface area contributed by atoms with Gasteiger partial charge in [-0.1, -0.05) is 17.7 Å². The molecule has 0 saturated carbocycles. The van der Waals surface area contributed by atoms with Crippen molar-refractivity contribution < 1.29 is 4.74 Å². The lowest BCUT2D eigenvalue weighted by molar-refractivity contribution is 0.227. The minimum Gasteiger partial charge on any atom is -0.488 e. The Kier molecular flexibility index (Phi) is 3.79. The van der Waals surface area contributed by atoms with Gasteiger partial charge in [-0.2, -0.15) is 5.26 Å². The molecule has 1 aromatic carbocycles. The van der Waals surface area contributed by atoms with Gasteiger partial charge in [0, 0.05) is 0 Å². The molecule has 3 heteroatoms. The molecule has 1 rings (SSSR count). The molecular formula is C11H12ClNO. The molecule has 0 aliphatic carbocycles. The van der Waals surface area contributed by atoms with Crippen LogP contribution in [-0.2, 0) is 0 Å². The van der Waals surface area contributed by atoms with Crippen LogP contribution in [0.2, 0.25) is 5.02 Å². The molecule has 0 amide bonds. The zero-order valence-corrected chi connectivity index (χ0v) is 9.01. The Hall–Kier alpha value is -1.20. The first-order valence-corrected chi connectivity index (χ1v) is 4.81. The fraction of sp³-hybridized carbons (Fsp3) is 0.364. The summed E-state index contributed by atoms with van der Waals surface area (Å²) in [5.41, 5.74) is 1.09. The second-order valence-electron chi connectivity index (χ2n) is 3.22. The molecule has 0 N–H and O–H groups in total. The van der Waals surface area contributed by atoms with Gasteiger partial charge in [-0.15, -0.1) is 0 Å². The van der Waals surface area contributed by atoms with E-state index in [1.54, 1.807) is 0 Å². The molecule has 74 valence electrons. The maximum Gasteiger partial charge on any atom is 0.138 e. The highest BCUT2D eigenvalue weighted by Gasteiger charge is 2.06. The summed E-state index contributed by atoms with van der Waals surface area (Å²) in [6.45, 7) is 3.81. The molecule has 14 heavy (non-hydrogen) atoms. The van der Waals surface area contributed by atoms with Crippen LogP contribution in [0.25, 0.3) is 0 Å². The number of aryl methyl sites for hydroxylation is 1. The molecule has 0 aliphatic rings. The van der Waals surface area contributed by atoms with E-state index in [1.165, 1.54) is 0 Å². The molecule has 1 aromatic rings. The summed E-state index contributed by atoms with van der Waals surface area (Å²) < 4.78 is 5.49. The lowest BCUT2D eigenvalue weighted by Crippen LogP contribution is -2.10. The average molecular weight is 210 g/mol. The van der Waals surface area contributed by atoms with E-state index in [4.69, 9.17) is 21.6 Å². The van der Waals surface area contributed by atoms with Crippen LogP contribution in [0.3, 0.4) is 0 Å². The Bertz CT molecular complexity index is 357. The quantitative estimate of drug-likeness (QED) is 0.765. The Balaban J connectivity index is 2.73. The van der Waals surface area contributed by atoms with E-state index < -0.39 is 0 Å². The van der Waals surface area contributed by atoms with Gasteiger partial charge in [-0.25, -0.2) is 0 Å². The molecule has 0 saturated heterocycles. The van der Waals surface area contributed by atoms with Gasteiger partial charge in [0.25, 0.3) is 0 Å². The molecule has 0 aromatic heterocycles. The summed E-state index contributed by atoms with van der Waals surface area (Å²) in [7, 11) is 0. The maximum absolute atomic E-state index is 8.47. The van der Waals surface area contributed by atoms with Gasteiger partial charge in [0.2, 0.25) is 0 Å². The molecule has 0 fully saturated rings. The molecule has 1 unspecified atom stereocenters. The topological polar surface area (TPSA) is 33.0 Å². The SMILES string of the molecule is Cc1ccc(OC(C)CC#N)c(Cl)c1. The standard InChI is InChI=1S/C11H12ClNO/c1-8-3-4-11(10(12)7-8)14-9(2)5-6-13/h3-4,7,9H,5H2,1-2H3. The Morgan fingerprint density at radius 3 is 2.86 bits per heavy atom. The van der Waals surface area contributed by atoms with Crippen molar-refractivity contribution in [1.82, 2.24) is 0 Å². The first kappa shape index (κ1) is 10.9. The fourth-order valence-electron chi connectivity index (χ4n) is 1.09. The predicted molar refractivity (Wildman–Crippen MR) is 56.5 cm³/mol. The Morgan fingerprint density at radius 2 is 2.29 bits per heavy atom. The van der Waals surface area contributed by atoms with Gasteiger partial charge < -0.3 is 4.74 Å². The third-order valence-corrected chi connectivity index (χ3v) is 2.09. The van der Waals surface area contributed by atoms with Crippen molar-refractivity contribution >= 4 is 11.6 Å². The van der Waals surface area contributed by atoms with Gasteiger partial charge in [-0.3, -0.25) is 0 Å². The highest BCUT2D eigenvalue weighted by Crippen LogP contribution is 2.26. The Labute approximate surface area is 89.1 Å². The second-order valence-corrected chi connectivity index (χ2v) is 3.63. The first-order chi connectivity index (χ1) is 6.63. The first-order valence-electron chi connectivity index (χ1n) is 4.43. The minimum atomic E-state index is -0.125. The number of nitrogens with zero attached hydrogens (tertiary/aromatic N) is 1. The van der Waals surface area contributed by atoms with E-state index in [0.29, 0.717) is 17.2 Å². The van der Waals surface area contributed by atoms with Crippen molar-refractivity contribution in [2.75, 3.05) is 0 Å². The number of ether oxygens (including phenoxy) is 1. The predicted octanol–water partition coefficient (Wildman–Crippen LogP) is 3.33. The van der Waals surface area contributed by atoms with Crippen molar-refractivity contribution in [3.63, 3.8) is 0 Å². The van der Waals surface area contributed by atoms with Crippen LogP contribution in [0.5, 0.6) is 5.75 Å². The summed E-state index contributed by atoms with van der Waals surface area (Å²) in [6, 6.07) is 7.65. The van der Waals surface area contributed by atoms with E-state index >= 15 is 0 Å². The zero-order valence-electron chi connectivity index (χ0n) is 8.25. The lowest BCUT2D eigenvalue weighted by atomic mass is 10.2.